The molecular weight excluding hydrogens is 176 g/mol. The molecule has 3 nitrogen and oxygen atoms in total. The van der Waals surface area contributed by atoms with Crippen LogP contribution in [0.3, 0.4) is 0 Å². The number of unbranched alkanes of at least 4 members (excludes halogenated alkanes) is 3. The molecule has 0 saturated heterocycles. The van der Waals surface area contributed by atoms with Crippen molar-refractivity contribution >= 4 is 0 Å². The fourth-order valence-corrected chi connectivity index (χ4v) is 1.43. The van der Waals surface area contributed by atoms with Gasteiger partial charge in [-0.2, -0.15) is 0 Å². The number of hydrogen-bond acceptors (Lipinski definition) is 2. The fourth-order valence-electron chi connectivity index (χ4n) is 1.43. The molecular formula is C11H18N2O. The number of nitrogens with two attached hydrogens (primary N) is 1. The first kappa shape index (κ1) is 11.0. The smallest absolute Gasteiger partial charge is 0.250 e. The summed E-state index contributed by atoms with van der Waals surface area (Å²) >= 11 is 0. The normalized spacial score (nSPS) is 10.4. The molecule has 1 aromatic rings. The van der Waals surface area contributed by atoms with Gasteiger partial charge in [0.1, 0.15) is 0 Å². The number of hydrogen-bond donors (Lipinski definition) is 1. The van der Waals surface area contributed by atoms with Gasteiger partial charge in [-0.05, 0) is 25.5 Å². The van der Waals surface area contributed by atoms with E-state index >= 15 is 0 Å². The lowest BCUT2D eigenvalue weighted by Gasteiger charge is -2.03. The van der Waals surface area contributed by atoms with Crippen molar-refractivity contribution in [1.29, 1.82) is 0 Å². The van der Waals surface area contributed by atoms with Gasteiger partial charge in [0.05, 0.1) is 0 Å². The van der Waals surface area contributed by atoms with Crippen LogP contribution in [-0.2, 0) is 6.54 Å². The van der Waals surface area contributed by atoms with E-state index in [4.69, 9.17) is 5.73 Å². The molecule has 0 amide bonds. The first-order chi connectivity index (χ1) is 6.84. The summed E-state index contributed by atoms with van der Waals surface area (Å²) in [6.07, 6.45) is 6.30. The molecule has 78 valence electrons. The Hall–Kier alpha value is -1.09. The molecule has 0 saturated carbocycles. The lowest BCUT2D eigenvalue weighted by molar-refractivity contribution is 0.564. The molecule has 3 heteroatoms. The first-order valence-electron chi connectivity index (χ1n) is 5.20. The van der Waals surface area contributed by atoms with E-state index in [1.807, 2.05) is 12.3 Å². The molecule has 0 spiro atoms. The number of pyridine rings is 1. The lowest BCUT2D eigenvalue weighted by Crippen LogP contribution is -2.17. The van der Waals surface area contributed by atoms with Gasteiger partial charge in [0.15, 0.2) is 0 Å². The van der Waals surface area contributed by atoms with E-state index in [1.54, 1.807) is 16.7 Å². The van der Waals surface area contributed by atoms with Crippen LogP contribution in [0.25, 0.3) is 0 Å². The van der Waals surface area contributed by atoms with Gasteiger partial charge in [-0.1, -0.05) is 18.9 Å². The Morgan fingerprint density at radius 3 is 2.64 bits per heavy atom. The molecule has 0 radical (unpaired) electrons. The predicted molar refractivity (Wildman–Crippen MR) is 58.2 cm³/mol. The lowest BCUT2D eigenvalue weighted by atomic mass is 10.2. The van der Waals surface area contributed by atoms with E-state index in [1.165, 1.54) is 0 Å². The Kier molecular flexibility index (Phi) is 5.00. The Morgan fingerprint density at radius 1 is 1.14 bits per heavy atom. The molecule has 14 heavy (non-hydrogen) atoms. The number of rotatable bonds is 6. The molecule has 2 N–H and O–H groups in total. The molecule has 0 fully saturated rings. The topological polar surface area (TPSA) is 48.0 Å². The summed E-state index contributed by atoms with van der Waals surface area (Å²) in [6, 6.07) is 5.26. The summed E-state index contributed by atoms with van der Waals surface area (Å²) in [6.45, 7) is 1.59. The molecule has 0 aliphatic heterocycles. The quantitative estimate of drug-likeness (QED) is 0.695. The second-order valence-corrected chi connectivity index (χ2v) is 3.44. The van der Waals surface area contributed by atoms with Gasteiger partial charge in [0.25, 0.3) is 0 Å². The minimum absolute atomic E-state index is 0.0892. The van der Waals surface area contributed by atoms with Gasteiger partial charge in [-0.25, -0.2) is 0 Å². The van der Waals surface area contributed by atoms with Crippen LogP contribution in [0.5, 0.6) is 0 Å². The summed E-state index contributed by atoms with van der Waals surface area (Å²) in [4.78, 5) is 11.3. The van der Waals surface area contributed by atoms with E-state index in [9.17, 15) is 4.79 Å². The standard InChI is InChI=1S/C11H18N2O/c12-8-4-1-2-5-9-13-10-6-3-7-11(13)14/h3,6-7,10H,1-2,4-5,8-9,12H2. The predicted octanol–water partition coefficient (Wildman–Crippen LogP) is 1.37. The minimum Gasteiger partial charge on any atom is -0.330 e. The molecule has 0 aliphatic carbocycles. The van der Waals surface area contributed by atoms with Crippen LogP contribution in [0.15, 0.2) is 29.2 Å². The van der Waals surface area contributed by atoms with Crippen LogP contribution in [0, 0.1) is 0 Å². The average molecular weight is 194 g/mol. The molecule has 0 atom stereocenters. The van der Waals surface area contributed by atoms with Gasteiger partial charge in [0.2, 0.25) is 5.56 Å². The third-order valence-electron chi connectivity index (χ3n) is 2.25. The maximum Gasteiger partial charge on any atom is 0.250 e. The van der Waals surface area contributed by atoms with Crippen molar-refractivity contribution in [2.24, 2.45) is 5.73 Å². The van der Waals surface area contributed by atoms with Crippen molar-refractivity contribution < 1.29 is 0 Å². The van der Waals surface area contributed by atoms with Crippen molar-refractivity contribution in [3.8, 4) is 0 Å². The van der Waals surface area contributed by atoms with Crippen LogP contribution < -0.4 is 11.3 Å². The van der Waals surface area contributed by atoms with Crippen molar-refractivity contribution in [2.45, 2.75) is 32.2 Å². The molecule has 0 unspecified atom stereocenters. The van der Waals surface area contributed by atoms with Crippen LogP contribution in [-0.4, -0.2) is 11.1 Å². The van der Waals surface area contributed by atoms with Crippen molar-refractivity contribution in [1.82, 2.24) is 4.57 Å². The zero-order valence-corrected chi connectivity index (χ0v) is 8.48. The highest BCUT2D eigenvalue weighted by Gasteiger charge is 1.93. The molecule has 0 bridgehead atoms. The van der Waals surface area contributed by atoms with Gasteiger partial charge in [-0.15, -0.1) is 0 Å². The van der Waals surface area contributed by atoms with Crippen molar-refractivity contribution in [3.63, 3.8) is 0 Å². The Bertz CT molecular complexity index is 306. The zero-order valence-electron chi connectivity index (χ0n) is 8.48. The highest BCUT2D eigenvalue weighted by molar-refractivity contribution is 4.92. The summed E-state index contributed by atoms with van der Waals surface area (Å²) in [7, 11) is 0. The summed E-state index contributed by atoms with van der Waals surface area (Å²) < 4.78 is 1.75. The van der Waals surface area contributed by atoms with Crippen LogP contribution in [0.4, 0.5) is 0 Å². The maximum absolute atomic E-state index is 11.3. The second-order valence-electron chi connectivity index (χ2n) is 3.44. The number of nitrogens with zero attached hydrogens (tertiary/aromatic N) is 1. The average Bonchev–Trinajstić information content (AvgIpc) is 2.20. The highest BCUT2D eigenvalue weighted by Crippen LogP contribution is 1.99. The van der Waals surface area contributed by atoms with E-state index in [-0.39, 0.29) is 5.56 Å². The zero-order chi connectivity index (χ0) is 10.2. The van der Waals surface area contributed by atoms with Crippen molar-refractivity contribution in [3.05, 3.63) is 34.7 Å². The van der Waals surface area contributed by atoms with Crippen molar-refractivity contribution in [2.75, 3.05) is 6.54 Å². The Labute approximate surface area is 84.6 Å². The van der Waals surface area contributed by atoms with Crippen LogP contribution in [0.1, 0.15) is 25.7 Å². The molecule has 1 heterocycles. The summed E-state index contributed by atoms with van der Waals surface area (Å²) in [5.74, 6) is 0. The first-order valence-corrected chi connectivity index (χ1v) is 5.20. The number of aromatic nitrogens is 1. The third-order valence-corrected chi connectivity index (χ3v) is 2.25. The van der Waals surface area contributed by atoms with Crippen LogP contribution >= 0.6 is 0 Å². The fraction of sp³-hybridized carbons (Fsp3) is 0.545. The molecule has 0 aliphatic rings. The minimum atomic E-state index is 0.0892. The molecule has 0 aromatic carbocycles. The SMILES string of the molecule is NCCCCCCn1ccccc1=O. The monoisotopic (exact) mass is 194 g/mol. The van der Waals surface area contributed by atoms with Gasteiger partial charge < -0.3 is 10.3 Å². The van der Waals surface area contributed by atoms with E-state index < -0.39 is 0 Å². The molecule has 1 rings (SSSR count). The third kappa shape index (κ3) is 3.75. The largest absolute Gasteiger partial charge is 0.330 e. The highest BCUT2D eigenvalue weighted by atomic mass is 16.1. The maximum atomic E-state index is 11.3. The second kappa shape index (κ2) is 6.38. The van der Waals surface area contributed by atoms with E-state index in [0.29, 0.717) is 0 Å². The summed E-state index contributed by atoms with van der Waals surface area (Å²) in [5.41, 5.74) is 5.48. The van der Waals surface area contributed by atoms with Gasteiger partial charge in [0, 0.05) is 18.8 Å². The Balaban J connectivity index is 2.25. The van der Waals surface area contributed by atoms with E-state index in [2.05, 4.69) is 0 Å². The Morgan fingerprint density at radius 2 is 1.93 bits per heavy atom. The van der Waals surface area contributed by atoms with Gasteiger partial charge >= 0.3 is 0 Å². The molecule has 1 aromatic heterocycles. The van der Waals surface area contributed by atoms with Gasteiger partial charge in [-0.3, -0.25) is 4.79 Å². The van der Waals surface area contributed by atoms with Crippen LogP contribution in [0.2, 0.25) is 0 Å². The summed E-state index contributed by atoms with van der Waals surface area (Å²) in [5, 5.41) is 0. The van der Waals surface area contributed by atoms with E-state index in [0.717, 1.165) is 38.8 Å². The number of aryl methyl sites for hydroxylation is 1.